The summed E-state index contributed by atoms with van der Waals surface area (Å²) in [6.07, 6.45) is 1.14. The molecule has 1 heterocycles. The van der Waals surface area contributed by atoms with Crippen LogP contribution in [0.2, 0.25) is 0 Å². The maximum atomic E-state index is 13.4. The highest BCUT2D eigenvalue weighted by molar-refractivity contribution is 8.01. The average molecular weight is 579 g/mol. The number of aliphatic imine (C=N–C) groups is 1. The number of carbonyl (C=O) groups is 2. The Morgan fingerprint density at radius 1 is 1.18 bits per heavy atom. The van der Waals surface area contributed by atoms with Gasteiger partial charge in [-0.2, -0.15) is 4.31 Å². The van der Waals surface area contributed by atoms with E-state index in [2.05, 4.69) is 15.8 Å². The van der Waals surface area contributed by atoms with Gasteiger partial charge in [0.1, 0.15) is 12.1 Å². The van der Waals surface area contributed by atoms with E-state index in [0.29, 0.717) is 37.2 Å². The van der Waals surface area contributed by atoms with Crippen molar-refractivity contribution in [1.82, 2.24) is 9.62 Å². The summed E-state index contributed by atoms with van der Waals surface area (Å²) >= 11 is 1.36. The smallest absolute Gasteiger partial charge is 0.326 e. The lowest BCUT2D eigenvalue weighted by Crippen LogP contribution is -2.53. The van der Waals surface area contributed by atoms with E-state index in [-0.39, 0.29) is 23.0 Å². The minimum absolute atomic E-state index is 0.0171. The van der Waals surface area contributed by atoms with E-state index in [1.807, 2.05) is 6.92 Å². The van der Waals surface area contributed by atoms with Crippen LogP contribution in [0.3, 0.4) is 0 Å². The van der Waals surface area contributed by atoms with E-state index in [1.165, 1.54) is 28.2 Å². The number of rotatable bonds is 14. The van der Waals surface area contributed by atoms with E-state index in [4.69, 9.17) is 16.3 Å². The molecule has 14 heteroatoms. The highest BCUT2D eigenvalue weighted by atomic mass is 32.2. The van der Waals surface area contributed by atoms with Gasteiger partial charge >= 0.3 is 5.97 Å². The van der Waals surface area contributed by atoms with Crippen LogP contribution >= 0.6 is 11.8 Å². The summed E-state index contributed by atoms with van der Waals surface area (Å²) in [6.45, 7) is 2.67. The monoisotopic (exact) mass is 578 g/mol. The van der Waals surface area contributed by atoms with Crippen LogP contribution in [-0.4, -0.2) is 72.0 Å². The SMILES string of the molecule is CCC1SCC(C(=O)NC(Cc2ccc(NOCCCN=C(N)N)cc2)C(=O)O)N1S(=O)(=O)c1ccccc1. The summed E-state index contributed by atoms with van der Waals surface area (Å²) in [5.74, 6) is -1.60. The number of carbonyl (C=O) groups excluding carboxylic acids is 1. The Morgan fingerprint density at radius 3 is 2.49 bits per heavy atom. The molecule has 7 N–H and O–H groups in total. The average Bonchev–Trinajstić information content (AvgIpc) is 3.37. The summed E-state index contributed by atoms with van der Waals surface area (Å²) < 4.78 is 28.0. The molecule has 0 saturated carbocycles. The van der Waals surface area contributed by atoms with Crippen molar-refractivity contribution in [1.29, 1.82) is 0 Å². The molecule has 0 aliphatic carbocycles. The second-order valence-electron chi connectivity index (χ2n) is 8.77. The molecule has 0 spiro atoms. The third-order valence-corrected chi connectivity index (χ3v) is 9.42. The first-order valence-electron chi connectivity index (χ1n) is 12.4. The number of carboxylic acid groups (broad SMARTS) is 1. The van der Waals surface area contributed by atoms with Crippen molar-refractivity contribution >= 4 is 45.3 Å². The number of amides is 1. The fourth-order valence-electron chi connectivity index (χ4n) is 3.97. The molecule has 1 amide bonds. The molecule has 12 nitrogen and oxygen atoms in total. The molecular weight excluding hydrogens is 544 g/mol. The van der Waals surface area contributed by atoms with Crippen LogP contribution in [-0.2, 0) is 30.9 Å². The number of nitrogens with zero attached hydrogens (tertiary/aromatic N) is 2. The van der Waals surface area contributed by atoms with Gasteiger partial charge in [0.05, 0.1) is 22.6 Å². The number of sulfonamides is 1. The van der Waals surface area contributed by atoms with Gasteiger partial charge < -0.3 is 21.9 Å². The summed E-state index contributed by atoms with van der Waals surface area (Å²) in [7, 11) is -3.96. The Morgan fingerprint density at radius 2 is 1.87 bits per heavy atom. The van der Waals surface area contributed by atoms with Crippen LogP contribution in [0.15, 0.2) is 64.5 Å². The van der Waals surface area contributed by atoms with Crippen molar-refractivity contribution in [3.05, 3.63) is 60.2 Å². The topological polar surface area (TPSA) is 189 Å². The molecule has 0 aromatic heterocycles. The lowest BCUT2D eigenvalue weighted by Gasteiger charge is -2.28. The van der Waals surface area contributed by atoms with Gasteiger partial charge in [-0.15, -0.1) is 11.8 Å². The predicted molar refractivity (Wildman–Crippen MR) is 150 cm³/mol. The van der Waals surface area contributed by atoms with Crippen molar-refractivity contribution in [3.63, 3.8) is 0 Å². The molecule has 0 bridgehead atoms. The molecule has 212 valence electrons. The summed E-state index contributed by atoms with van der Waals surface area (Å²) in [6, 6.07) is 12.5. The number of hydrogen-bond acceptors (Lipinski definition) is 8. The zero-order valence-electron chi connectivity index (χ0n) is 21.5. The molecule has 2 aromatic rings. The minimum atomic E-state index is -3.96. The fraction of sp³-hybridized carbons (Fsp3) is 0.400. The van der Waals surface area contributed by atoms with Gasteiger partial charge in [-0.05, 0) is 42.7 Å². The molecule has 1 aliphatic rings. The molecule has 0 radical (unpaired) electrons. The highest BCUT2D eigenvalue weighted by Crippen LogP contribution is 2.36. The van der Waals surface area contributed by atoms with E-state index >= 15 is 0 Å². The van der Waals surface area contributed by atoms with Crippen LogP contribution < -0.4 is 22.3 Å². The van der Waals surface area contributed by atoms with Crippen molar-refractivity contribution in [2.75, 3.05) is 24.4 Å². The second-order valence-corrected chi connectivity index (χ2v) is 11.8. The van der Waals surface area contributed by atoms with E-state index in [0.717, 1.165) is 0 Å². The van der Waals surface area contributed by atoms with E-state index < -0.39 is 39.4 Å². The Bertz CT molecular complexity index is 1240. The van der Waals surface area contributed by atoms with Crippen LogP contribution in [0.25, 0.3) is 0 Å². The number of benzene rings is 2. The Hall–Kier alpha value is -3.33. The largest absolute Gasteiger partial charge is 0.480 e. The van der Waals surface area contributed by atoms with Gasteiger partial charge in [0.2, 0.25) is 15.9 Å². The lowest BCUT2D eigenvalue weighted by atomic mass is 10.1. The third kappa shape index (κ3) is 8.33. The summed E-state index contributed by atoms with van der Waals surface area (Å²) in [5.41, 5.74) is 14.6. The predicted octanol–water partition coefficient (Wildman–Crippen LogP) is 1.35. The summed E-state index contributed by atoms with van der Waals surface area (Å²) in [4.78, 5) is 34.5. The maximum Gasteiger partial charge on any atom is 0.326 e. The van der Waals surface area contributed by atoms with Crippen molar-refractivity contribution in [3.8, 4) is 0 Å². The van der Waals surface area contributed by atoms with Gasteiger partial charge in [0.25, 0.3) is 0 Å². The number of thioether (sulfide) groups is 1. The third-order valence-electron chi connectivity index (χ3n) is 5.91. The molecule has 3 rings (SSSR count). The quantitative estimate of drug-likeness (QED) is 0.0947. The van der Waals surface area contributed by atoms with Gasteiger partial charge in [-0.25, -0.2) is 13.2 Å². The molecule has 39 heavy (non-hydrogen) atoms. The zero-order valence-corrected chi connectivity index (χ0v) is 23.2. The Balaban J connectivity index is 1.62. The molecule has 2 aromatic carbocycles. The molecule has 3 unspecified atom stereocenters. The number of aliphatic carboxylic acids is 1. The molecular formula is C25H34N6O6S2. The van der Waals surface area contributed by atoms with Gasteiger partial charge in [0, 0.05) is 18.7 Å². The molecule has 1 aliphatic heterocycles. The van der Waals surface area contributed by atoms with Crippen molar-refractivity contribution < 1.29 is 28.0 Å². The highest BCUT2D eigenvalue weighted by Gasteiger charge is 2.46. The van der Waals surface area contributed by atoms with Crippen LogP contribution in [0, 0.1) is 0 Å². The first kappa shape index (κ1) is 30.2. The van der Waals surface area contributed by atoms with Crippen LogP contribution in [0.5, 0.6) is 0 Å². The van der Waals surface area contributed by atoms with Crippen molar-refractivity contribution in [2.45, 2.75) is 48.5 Å². The van der Waals surface area contributed by atoms with Gasteiger partial charge in [0.15, 0.2) is 5.96 Å². The van der Waals surface area contributed by atoms with Gasteiger partial charge in [-0.3, -0.25) is 20.1 Å². The fourth-order valence-corrected chi connectivity index (χ4v) is 7.54. The number of carboxylic acids is 1. The minimum Gasteiger partial charge on any atom is -0.480 e. The first-order chi connectivity index (χ1) is 18.6. The number of anilines is 1. The van der Waals surface area contributed by atoms with E-state index in [9.17, 15) is 23.1 Å². The normalized spacial score (nSPS) is 18.3. The van der Waals surface area contributed by atoms with Crippen molar-refractivity contribution in [2.24, 2.45) is 16.5 Å². The molecule has 1 fully saturated rings. The number of nitrogens with two attached hydrogens (primary N) is 2. The van der Waals surface area contributed by atoms with Crippen LogP contribution in [0.4, 0.5) is 5.69 Å². The lowest BCUT2D eigenvalue weighted by molar-refractivity contribution is -0.142. The number of hydrogen-bond donors (Lipinski definition) is 5. The Labute approximate surface area is 232 Å². The number of nitrogens with one attached hydrogen (secondary N) is 2. The summed E-state index contributed by atoms with van der Waals surface area (Å²) in [5, 5.41) is 11.9. The molecule has 1 saturated heterocycles. The number of guanidine groups is 1. The standard InChI is InChI=1S/C25H34N6O6S2/c1-2-22-31(39(35,36)19-7-4-3-5-8-19)21(16-38-22)23(32)29-20(24(33)34)15-17-9-11-18(12-10-17)30-37-14-6-13-28-25(26)27/h3-5,7-12,20-22,30H,2,6,13-16H2,1H3,(H,29,32)(H,33,34)(H4,26,27,28). The first-order valence-corrected chi connectivity index (χ1v) is 14.9. The van der Waals surface area contributed by atoms with E-state index in [1.54, 1.807) is 42.5 Å². The maximum absolute atomic E-state index is 13.4. The second kappa shape index (κ2) is 14.2. The van der Waals surface area contributed by atoms with Crippen LogP contribution in [0.1, 0.15) is 25.3 Å². The van der Waals surface area contributed by atoms with Gasteiger partial charge in [-0.1, -0.05) is 37.3 Å². The molecule has 3 atom stereocenters. The zero-order chi connectivity index (χ0) is 28.4. The Kier molecular flexibility index (Phi) is 11.0.